The van der Waals surface area contributed by atoms with Gasteiger partial charge in [-0.25, -0.2) is 4.79 Å². The van der Waals surface area contributed by atoms with E-state index < -0.39 is 11.6 Å². The summed E-state index contributed by atoms with van der Waals surface area (Å²) in [6.07, 6.45) is 1.42. The number of hydrogen-bond acceptors (Lipinski definition) is 5. The number of nitrogens with zero attached hydrogens (tertiary/aromatic N) is 1. The van der Waals surface area contributed by atoms with Crippen LogP contribution >= 0.6 is 0 Å². The van der Waals surface area contributed by atoms with Crippen LogP contribution in [0.5, 0.6) is 0 Å². The summed E-state index contributed by atoms with van der Waals surface area (Å²) in [5.41, 5.74) is -0.535. The molecule has 20 heavy (non-hydrogen) atoms. The summed E-state index contributed by atoms with van der Waals surface area (Å²) in [4.78, 5) is 25.6. The topological polar surface area (TPSA) is 67.9 Å². The Balaban J connectivity index is 2.67. The molecule has 0 radical (unpaired) electrons. The Kier molecular flexibility index (Phi) is 6.26. The Morgan fingerprint density at radius 2 is 2.00 bits per heavy atom. The van der Waals surface area contributed by atoms with Crippen LogP contribution in [0.15, 0.2) is 0 Å². The van der Waals surface area contributed by atoms with Crippen molar-refractivity contribution in [3.8, 4) is 0 Å². The number of carbonyl (C=O) groups excluding carboxylic acids is 2. The molecule has 1 saturated heterocycles. The third-order valence-corrected chi connectivity index (χ3v) is 2.87. The van der Waals surface area contributed by atoms with Gasteiger partial charge in [0.15, 0.2) is 0 Å². The minimum atomic E-state index is -0.535. The molecule has 1 rings (SSSR count). The van der Waals surface area contributed by atoms with Gasteiger partial charge in [-0.3, -0.25) is 4.79 Å². The van der Waals surface area contributed by atoms with E-state index in [1.54, 1.807) is 11.8 Å². The summed E-state index contributed by atoms with van der Waals surface area (Å²) >= 11 is 0. The maximum Gasteiger partial charge on any atom is 0.410 e. The molecule has 1 heterocycles. The van der Waals surface area contributed by atoms with Crippen LogP contribution in [-0.4, -0.2) is 54.8 Å². The molecule has 1 unspecified atom stereocenters. The van der Waals surface area contributed by atoms with E-state index in [1.165, 1.54) is 0 Å². The fourth-order valence-electron chi connectivity index (χ4n) is 1.97. The predicted molar refractivity (Wildman–Crippen MR) is 75.5 cm³/mol. The summed E-state index contributed by atoms with van der Waals surface area (Å²) in [5.74, 6) is -0.317. The second-order valence-electron chi connectivity index (χ2n) is 5.89. The second-order valence-corrected chi connectivity index (χ2v) is 5.89. The molecule has 0 aromatic heterocycles. The first-order chi connectivity index (χ1) is 9.33. The van der Waals surface area contributed by atoms with Gasteiger partial charge in [-0.1, -0.05) is 0 Å². The first-order valence-electron chi connectivity index (χ1n) is 7.21. The second kappa shape index (κ2) is 7.47. The van der Waals surface area contributed by atoms with Crippen molar-refractivity contribution in [1.82, 2.24) is 10.2 Å². The average molecular weight is 286 g/mol. The van der Waals surface area contributed by atoms with Gasteiger partial charge in [-0.05, 0) is 47.1 Å². The van der Waals surface area contributed by atoms with Crippen molar-refractivity contribution >= 4 is 12.1 Å². The lowest BCUT2D eigenvalue weighted by Gasteiger charge is -2.31. The van der Waals surface area contributed by atoms with Crippen LogP contribution in [0.1, 0.15) is 40.5 Å². The zero-order valence-corrected chi connectivity index (χ0v) is 12.9. The van der Waals surface area contributed by atoms with E-state index in [9.17, 15) is 9.59 Å². The van der Waals surface area contributed by atoms with Crippen molar-refractivity contribution < 1.29 is 19.1 Å². The maximum atomic E-state index is 12.1. The Morgan fingerprint density at radius 3 is 2.60 bits per heavy atom. The third kappa shape index (κ3) is 5.77. The third-order valence-electron chi connectivity index (χ3n) is 2.87. The summed E-state index contributed by atoms with van der Waals surface area (Å²) in [6, 6.07) is -0.484. The van der Waals surface area contributed by atoms with Crippen molar-refractivity contribution in [3.63, 3.8) is 0 Å². The van der Waals surface area contributed by atoms with Gasteiger partial charge >= 0.3 is 12.1 Å². The largest absolute Gasteiger partial charge is 0.465 e. The van der Waals surface area contributed by atoms with Crippen molar-refractivity contribution in [2.75, 3.05) is 26.2 Å². The monoisotopic (exact) mass is 286 g/mol. The quantitative estimate of drug-likeness (QED) is 0.780. The van der Waals surface area contributed by atoms with Crippen molar-refractivity contribution in [2.45, 2.75) is 52.2 Å². The van der Waals surface area contributed by atoms with Crippen LogP contribution < -0.4 is 5.32 Å². The van der Waals surface area contributed by atoms with Crippen LogP contribution in [0, 0.1) is 0 Å². The van der Waals surface area contributed by atoms with E-state index in [0.717, 1.165) is 19.4 Å². The summed E-state index contributed by atoms with van der Waals surface area (Å²) in [7, 11) is 0. The van der Waals surface area contributed by atoms with E-state index >= 15 is 0 Å². The minimum absolute atomic E-state index is 0.285. The standard InChI is InChI=1S/C14H26N2O4/c1-5-19-12(17)11-10-16(9-7-6-8-15-11)13(18)20-14(2,3)4/h11,15H,5-10H2,1-4H3. The van der Waals surface area contributed by atoms with Crippen LogP contribution in [0.25, 0.3) is 0 Å². The number of rotatable bonds is 2. The number of nitrogens with one attached hydrogen (secondary N) is 1. The van der Waals surface area contributed by atoms with Gasteiger partial charge in [0.2, 0.25) is 0 Å². The highest BCUT2D eigenvalue weighted by atomic mass is 16.6. The Labute approximate surface area is 120 Å². The maximum absolute atomic E-state index is 12.1. The normalized spacial score (nSPS) is 20.8. The lowest BCUT2D eigenvalue weighted by atomic mass is 10.2. The lowest BCUT2D eigenvalue weighted by Crippen LogP contribution is -2.51. The molecule has 1 fully saturated rings. The van der Waals surface area contributed by atoms with Crippen molar-refractivity contribution in [1.29, 1.82) is 0 Å². The van der Waals surface area contributed by atoms with Gasteiger partial charge in [0.05, 0.1) is 13.2 Å². The van der Waals surface area contributed by atoms with Crippen molar-refractivity contribution in [3.05, 3.63) is 0 Å². The highest BCUT2D eigenvalue weighted by molar-refractivity contribution is 5.77. The molecule has 1 atom stereocenters. The summed E-state index contributed by atoms with van der Waals surface area (Å²) in [6.45, 7) is 9.24. The number of esters is 1. The van der Waals surface area contributed by atoms with E-state index in [-0.39, 0.29) is 18.6 Å². The number of ether oxygens (including phenoxy) is 2. The zero-order valence-electron chi connectivity index (χ0n) is 12.9. The van der Waals surface area contributed by atoms with Crippen LogP contribution in [0.2, 0.25) is 0 Å². The summed E-state index contributed by atoms with van der Waals surface area (Å²) in [5, 5.41) is 3.13. The average Bonchev–Trinajstić information content (AvgIpc) is 2.26. The molecule has 1 N–H and O–H groups in total. The molecule has 6 heteroatoms. The van der Waals surface area contributed by atoms with Gasteiger partial charge in [0, 0.05) is 6.54 Å². The molecule has 0 aromatic carbocycles. The first-order valence-corrected chi connectivity index (χ1v) is 7.21. The Morgan fingerprint density at radius 1 is 1.30 bits per heavy atom. The molecule has 1 aliphatic rings. The van der Waals surface area contributed by atoms with Crippen LogP contribution in [0.4, 0.5) is 4.79 Å². The minimum Gasteiger partial charge on any atom is -0.465 e. The highest BCUT2D eigenvalue weighted by Crippen LogP contribution is 2.12. The lowest BCUT2D eigenvalue weighted by molar-refractivity contribution is -0.146. The fourth-order valence-corrected chi connectivity index (χ4v) is 1.97. The molecule has 0 saturated carbocycles. The molecule has 6 nitrogen and oxygen atoms in total. The number of hydrogen-bond donors (Lipinski definition) is 1. The van der Waals surface area contributed by atoms with Crippen molar-refractivity contribution in [2.24, 2.45) is 0 Å². The zero-order chi connectivity index (χ0) is 15.2. The fraction of sp³-hybridized carbons (Fsp3) is 0.857. The molecular formula is C14H26N2O4. The molecule has 0 spiro atoms. The molecular weight excluding hydrogens is 260 g/mol. The van der Waals surface area contributed by atoms with E-state index in [4.69, 9.17) is 9.47 Å². The van der Waals surface area contributed by atoms with Gasteiger partial charge in [-0.2, -0.15) is 0 Å². The molecule has 0 aromatic rings. The predicted octanol–water partition coefficient (Wildman–Crippen LogP) is 1.54. The molecule has 1 amide bonds. The van der Waals surface area contributed by atoms with E-state index in [2.05, 4.69) is 5.32 Å². The van der Waals surface area contributed by atoms with Gasteiger partial charge in [0.1, 0.15) is 11.6 Å². The summed E-state index contributed by atoms with van der Waals surface area (Å²) < 4.78 is 10.4. The smallest absolute Gasteiger partial charge is 0.410 e. The molecule has 0 aliphatic carbocycles. The van der Waals surface area contributed by atoms with Gasteiger partial charge < -0.3 is 19.7 Å². The first kappa shape index (κ1) is 16.8. The van der Waals surface area contributed by atoms with Gasteiger partial charge in [0.25, 0.3) is 0 Å². The number of amides is 1. The van der Waals surface area contributed by atoms with Crippen LogP contribution in [-0.2, 0) is 14.3 Å². The van der Waals surface area contributed by atoms with Gasteiger partial charge in [-0.15, -0.1) is 0 Å². The molecule has 0 bridgehead atoms. The van der Waals surface area contributed by atoms with E-state index in [1.807, 2.05) is 20.8 Å². The van der Waals surface area contributed by atoms with E-state index in [0.29, 0.717) is 13.2 Å². The molecule has 1 aliphatic heterocycles. The Bertz CT molecular complexity index is 339. The number of carbonyl (C=O) groups is 2. The van der Waals surface area contributed by atoms with Crippen LogP contribution in [0.3, 0.4) is 0 Å². The SMILES string of the molecule is CCOC(=O)C1CN(C(=O)OC(C)(C)C)CCCCN1. The Hall–Kier alpha value is -1.30. The molecule has 116 valence electrons. The highest BCUT2D eigenvalue weighted by Gasteiger charge is 2.29.